The maximum absolute atomic E-state index is 13.2. The van der Waals surface area contributed by atoms with Crippen molar-refractivity contribution in [1.82, 2.24) is 18.4 Å². The summed E-state index contributed by atoms with van der Waals surface area (Å²) in [6, 6.07) is 7.43. The lowest BCUT2D eigenvalue weighted by Crippen LogP contribution is -2.49. The first-order valence-corrected chi connectivity index (χ1v) is 12.4. The van der Waals surface area contributed by atoms with Crippen molar-refractivity contribution in [3.8, 4) is 11.4 Å². The molecule has 2 aliphatic heterocycles. The van der Waals surface area contributed by atoms with Crippen LogP contribution in [0, 0.1) is 5.92 Å². The summed E-state index contributed by atoms with van der Waals surface area (Å²) in [6.07, 6.45) is 5.26. The molecule has 0 aromatic carbocycles. The summed E-state index contributed by atoms with van der Waals surface area (Å²) in [5, 5.41) is 0. The zero-order chi connectivity index (χ0) is 21.0. The number of imidazole rings is 1. The molecule has 7 nitrogen and oxygen atoms in total. The zero-order valence-corrected chi connectivity index (χ0v) is 18.6. The van der Waals surface area contributed by atoms with Crippen LogP contribution in [0.1, 0.15) is 29.8 Å². The van der Waals surface area contributed by atoms with Gasteiger partial charge in [-0.3, -0.25) is 4.79 Å². The SMILES string of the molecule is CCc1ccc(S(=O)(=O)N2C[C@@H]3C[C@H](C2)c2ccc(-c4nccn4C)c(=O)n2C3)s1. The Balaban J connectivity index is 1.49. The van der Waals surface area contributed by atoms with E-state index in [0.29, 0.717) is 35.2 Å². The Kier molecular flexibility index (Phi) is 4.72. The minimum atomic E-state index is -3.50. The molecule has 1 saturated heterocycles. The standard InChI is InChI=1S/C21H24N4O3S2/c1-3-16-4-7-19(29-16)30(27,28)24-11-14-10-15(13-24)18-6-5-17(21(26)25(18)12-14)20-22-8-9-23(20)2/h4-9,14-15H,3,10-13H2,1-2H3/t14-,15+/m0/s1. The number of rotatable bonds is 4. The summed E-state index contributed by atoms with van der Waals surface area (Å²) >= 11 is 1.36. The van der Waals surface area contributed by atoms with Crippen molar-refractivity contribution in [1.29, 1.82) is 0 Å². The predicted octanol–water partition coefficient (Wildman–Crippen LogP) is 2.68. The maximum Gasteiger partial charge on any atom is 0.261 e. The van der Waals surface area contributed by atoms with Crippen LogP contribution in [0.15, 0.2) is 45.7 Å². The molecule has 9 heteroatoms. The van der Waals surface area contributed by atoms with Gasteiger partial charge in [0.1, 0.15) is 10.0 Å². The molecule has 1 fully saturated rings. The third kappa shape index (κ3) is 3.07. The van der Waals surface area contributed by atoms with Gasteiger partial charge in [-0.05, 0) is 43.0 Å². The van der Waals surface area contributed by atoms with Gasteiger partial charge in [0.2, 0.25) is 0 Å². The fourth-order valence-corrected chi connectivity index (χ4v) is 7.72. The molecule has 2 aliphatic rings. The van der Waals surface area contributed by atoms with Gasteiger partial charge in [0.15, 0.2) is 0 Å². The first-order valence-electron chi connectivity index (χ1n) is 10.2. The van der Waals surface area contributed by atoms with E-state index in [0.717, 1.165) is 23.4 Å². The first-order chi connectivity index (χ1) is 14.4. The molecule has 0 unspecified atom stereocenters. The Morgan fingerprint density at radius 3 is 2.70 bits per heavy atom. The van der Waals surface area contributed by atoms with Crippen LogP contribution in [0.4, 0.5) is 0 Å². The van der Waals surface area contributed by atoms with Gasteiger partial charge >= 0.3 is 0 Å². The molecular formula is C21H24N4O3S2. The number of sulfonamides is 1. The van der Waals surface area contributed by atoms with E-state index in [1.807, 2.05) is 47.5 Å². The summed E-state index contributed by atoms with van der Waals surface area (Å²) in [7, 11) is -1.63. The summed E-state index contributed by atoms with van der Waals surface area (Å²) in [5.74, 6) is 0.812. The highest BCUT2D eigenvalue weighted by atomic mass is 32.2. The number of aromatic nitrogens is 3. The van der Waals surface area contributed by atoms with Crippen LogP contribution in [0.25, 0.3) is 11.4 Å². The number of hydrogen-bond donors (Lipinski definition) is 0. The van der Waals surface area contributed by atoms with E-state index in [4.69, 9.17) is 0 Å². The van der Waals surface area contributed by atoms with Crippen LogP contribution in [-0.2, 0) is 30.0 Å². The molecule has 0 radical (unpaired) electrons. The van der Waals surface area contributed by atoms with Crippen molar-refractivity contribution < 1.29 is 8.42 Å². The number of pyridine rings is 1. The second-order valence-electron chi connectivity index (χ2n) is 8.14. The van der Waals surface area contributed by atoms with Crippen LogP contribution >= 0.6 is 11.3 Å². The number of thiophene rings is 1. The number of fused-ring (bicyclic) bond motifs is 4. The lowest BCUT2D eigenvalue weighted by Gasteiger charge is -2.42. The van der Waals surface area contributed by atoms with Crippen LogP contribution in [0.3, 0.4) is 0 Å². The molecule has 2 atom stereocenters. The summed E-state index contributed by atoms with van der Waals surface area (Å²) < 4.78 is 32.2. The quantitative estimate of drug-likeness (QED) is 0.620. The van der Waals surface area contributed by atoms with Gasteiger partial charge < -0.3 is 9.13 Å². The van der Waals surface area contributed by atoms with E-state index in [1.165, 1.54) is 11.3 Å². The molecule has 0 aliphatic carbocycles. The minimum Gasteiger partial charge on any atom is -0.334 e. The average Bonchev–Trinajstić information content (AvgIpc) is 3.38. The van der Waals surface area contributed by atoms with Gasteiger partial charge in [-0.1, -0.05) is 6.92 Å². The fraction of sp³-hybridized carbons (Fsp3) is 0.429. The Hall–Kier alpha value is -2.23. The topological polar surface area (TPSA) is 77.2 Å². The van der Waals surface area contributed by atoms with Crippen molar-refractivity contribution in [2.45, 2.75) is 36.4 Å². The van der Waals surface area contributed by atoms with E-state index < -0.39 is 10.0 Å². The van der Waals surface area contributed by atoms with Crippen molar-refractivity contribution in [3.05, 3.63) is 57.6 Å². The van der Waals surface area contributed by atoms with Gasteiger partial charge in [0, 0.05) is 55.6 Å². The molecule has 158 valence electrons. The Labute approximate surface area is 179 Å². The molecule has 0 saturated carbocycles. The summed E-state index contributed by atoms with van der Waals surface area (Å²) in [4.78, 5) is 18.6. The van der Waals surface area contributed by atoms with Gasteiger partial charge in [-0.25, -0.2) is 13.4 Å². The monoisotopic (exact) mass is 444 g/mol. The maximum atomic E-state index is 13.2. The van der Waals surface area contributed by atoms with Crippen LogP contribution in [0.2, 0.25) is 0 Å². The van der Waals surface area contributed by atoms with E-state index in [2.05, 4.69) is 4.98 Å². The Morgan fingerprint density at radius 2 is 2.00 bits per heavy atom. The normalized spacial score (nSPS) is 21.5. The molecule has 0 N–H and O–H groups in total. The van der Waals surface area contributed by atoms with Crippen molar-refractivity contribution in [3.63, 3.8) is 0 Å². The molecule has 2 bridgehead atoms. The Bertz CT molecular complexity index is 1270. The van der Waals surface area contributed by atoms with Gasteiger partial charge in [0.05, 0.1) is 5.56 Å². The summed E-state index contributed by atoms with van der Waals surface area (Å²) in [5.41, 5.74) is 1.47. The molecule has 0 amide bonds. The minimum absolute atomic E-state index is 0.0287. The average molecular weight is 445 g/mol. The van der Waals surface area contributed by atoms with E-state index in [1.54, 1.807) is 16.6 Å². The van der Waals surface area contributed by atoms with E-state index in [9.17, 15) is 13.2 Å². The van der Waals surface area contributed by atoms with Crippen molar-refractivity contribution >= 4 is 21.4 Å². The highest BCUT2D eigenvalue weighted by Crippen LogP contribution is 2.38. The molecule has 5 rings (SSSR count). The first kappa shape index (κ1) is 19.7. The number of nitrogens with zero attached hydrogens (tertiary/aromatic N) is 4. The third-order valence-electron chi connectivity index (χ3n) is 6.21. The number of aryl methyl sites for hydroxylation is 2. The molecule has 5 heterocycles. The third-order valence-corrected chi connectivity index (χ3v) is 9.74. The summed E-state index contributed by atoms with van der Waals surface area (Å²) in [6.45, 7) is 3.44. The fourth-order valence-electron chi connectivity index (χ4n) is 4.71. The smallest absolute Gasteiger partial charge is 0.261 e. The predicted molar refractivity (Wildman–Crippen MR) is 116 cm³/mol. The molecular weight excluding hydrogens is 420 g/mol. The number of piperidine rings is 1. The second-order valence-corrected chi connectivity index (χ2v) is 11.5. The zero-order valence-electron chi connectivity index (χ0n) is 17.0. The number of hydrogen-bond acceptors (Lipinski definition) is 5. The highest BCUT2D eigenvalue weighted by Gasteiger charge is 2.40. The van der Waals surface area contributed by atoms with Gasteiger partial charge in [-0.15, -0.1) is 11.3 Å². The van der Waals surface area contributed by atoms with Crippen LogP contribution < -0.4 is 5.56 Å². The van der Waals surface area contributed by atoms with Crippen LogP contribution in [-0.4, -0.2) is 39.9 Å². The van der Waals surface area contributed by atoms with Crippen molar-refractivity contribution in [2.75, 3.05) is 13.1 Å². The van der Waals surface area contributed by atoms with E-state index >= 15 is 0 Å². The molecule has 30 heavy (non-hydrogen) atoms. The van der Waals surface area contributed by atoms with Gasteiger partial charge in [-0.2, -0.15) is 4.31 Å². The van der Waals surface area contributed by atoms with Crippen molar-refractivity contribution in [2.24, 2.45) is 13.0 Å². The lowest BCUT2D eigenvalue weighted by atomic mass is 9.84. The highest BCUT2D eigenvalue weighted by molar-refractivity contribution is 7.91. The van der Waals surface area contributed by atoms with E-state index in [-0.39, 0.29) is 17.4 Å². The molecule has 0 spiro atoms. The second kappa shape index (κ2) is 7.18. The van der Waals surface area contributed by atoms with Gasteiger partial charge in [0.25, 0.3) is 15.6 Å². The largest absolute Gasteiger partial charge is 0.334 e. The molecule has 3 aromatic heterocycles. The van der Waals surface area contributed by atoms with Crippen LogP contribution in [0.5, 0.6) is 0 Å². The Morgan fingerprint density at radius 1 is 1.17 bits per heavy atom. The molecule has 3 aromatic rings. The lowest BCUT2D eigenvalue weighted by molar-refractivity contribution is 0.186.